The van der Waals surface area contributed by atoms with Gasteiger partial charge in [-0.05, 0) is 51.0 Å². The van der Waals surface area contributed by atoms with Gasteiger partial charge in [0.15, 0.2) is 5.79 Å². The minimum absolute atomic E-state index is 0.135. The van der Waals surface area contributed by atoms with E-state index in [0.29, 0.717) is 12.8 Å². The molecule has 1 aromatic rings. The molecule has 0 unspecified atom stereocenters. The predicted octanol–water partition coefficient (Wildman–Crippen LogP) is 3.93. The van der Waals surface area contributed by atoms with Crippen molar-refractivity contribution in [2.24, 2.45) is 0 Å². The minimum atomic E-state index is -0.794. The number of carboxylic acids is 1. The molecule has 0 aromatic heterocycles. The number of carboxylic acid groups (broad SMARTS) is 1. The standard InChI is InChI=1S/C22H26O5/c1-22(2)26-19(20(27-22)14-9-15-21(23)24)13-7-5-4-6-10-17-11-8-12-18(16-17)25-3/h4-5,7-8,11-13,16,19-20H,9,14-15H2,1-3H3,(H,23,24)/b5-4+,13-7+/t19-,20+/m1/s1. The van der Waals surface area contributed by atoms with Crippen LogP contribution in [-0.4, -0.2) is 36.2 Å². The van der Waals surface area contributed by atoms with Crippen molar-refractivity contribution < 1.29 is 24.1 Å². The van der Waals surface area contributed by atoms with E-state index in [1.165, 1.54) is 0 Å². The van der Waals surface area contributed by atoms with Crippen LogP contribution < -0.4 is 4.74 Å². The Morgan fingerprint density at radius 1 is 1.33 bits per heavy atom. The molecule has 1 N–H and O–H groups in total. The first-order valence-corrected chi connectivity index (χ1v) is 8.96. The highest BCUT2D eigenvalue weighted by Crippen LogP contribution is 2.31. The maximum Gasteiger partial charge on any atom is 0.303 e. The summed E-state index contributed by atoms with van der Waals surface area (Å²) in [6, 6.07) is 7.58. The fourth-order valence-corrected chi connectivity index (χ4v) is 2.81. The van der Waals surface area contributed by atoms with Gasteiger partial charge in [0.2, 0.25) is 0 Å². The molecule has 1 aromatic carbocycles. The monoisotopic (exact) mass is 370 g/mol. The predicted molar refractivity (Wildman–Crippen MR) is 103 cm³/mol. The molecule has 0 spiro atoms. The van der Waals surface area contributed by atoms with Gasteiger partial charge >= 0.3 is 5.97 Å². The Hall–Kier alpha value is -2.55. The SMILES string of the molecule is COc1cccc(C#C/C=C/C=C/[C@H]2OC(C)(C)O[C@H]2CCCC(=O)O)c1. The lowest BCUT2D eigenvalue weighted by Crippen LogP contribution is -2.21. The molecule has 1 aliphatic rings. The van der Waals surface area contributed by atoms with E-state index < -0.39 is 11.8 Å². The molecule has 0 saturated carbocycles. The van der Waals surface area contributed by atoms with E-state index in [-0.39, 0.29) is 18.6 Å². The largest absolute Gasteiger partial charge is 0.497 e. The van der Waals surface area contributed by atoms with E-state index in [9.17, 15) is 4.79 Å². The topological polar surface area (TPSA) is 65.0 Å². The van der Waals surface area contributed by atoms with E-state index in [0.717, 1.165) is 11.3 Å². The Kier molecular flexibility index (Phi) is 7.66. The van der Waals surface area contributed by atoms with Gasteiger partial charge < -0.3 is 19.3 Å². The maximum atomic E-state index is 10.7. The van der Waals surface area contributed by atoms with Crippen molar-refractivity contribution >= 4 is 5.97 Å². The normalized spacial score (nSPS) is 21.3. The summed E-state index contributed by atoms with van der Waals surface area (Å²) in [5.74, 6) is 5.34. The fourth-order valence-electron chi connectivity index (χ4n) is 2.81. The molecule has 1 heterocycles. The van der Waals surface area contributed by atoms with Gasteiger partial charge in [-0.3, -0.25) is 4.79 Å². The van der Waals surface area contributed by atoms with E-state index >= 15 is 0 Å². The van der Waals surface area contributed by atoms with Crippen LogP contribution in [-0.2, 0) is 14.3 Å². The maximum absolute atomic E-state index is 10.7. The number of allylic oxidation sites excluding steroid dienone is 3. The fraction of sp³-hybridized carbons (Fsp3) is 0.409. The van der Waals surface area contributed by atoms with Crippen molar-refractivity contribution in [2.45, 2.75) is 51.1 Å². The second-order valence-corrected chi connectivity index (χ2v) is 6.67. The second kappa shape index (κ2) is 9.96. The molecule has 1 aliphatic heterocycles. The van der Waals surface area contributed by atoms with Gasteiger partial charge in [0.05, 0.1) is 13.2 Å². The van der Waals surface area contributed by atoms with Gasteiger partial charge in [-0.2, -0.15) is 0 Å². The van der Waals surface area contributed by atoms with E-state index in [1.54, 1.807) is 13.2 Å². The third kappa shape index (κ3) is 7.30. The highest BCUT2D eigenvalue weighted by atomic mass is 16.7. The van der Waals surface area contributed by atoms with Gasteiger partial charge in [-0.1, -0.05) is 36.1 Å². The molecule has 0 bridgehead atoms. The van der Waals surface area contributed by atoms with Gasteiger partial charge in [-0.15, -0.1) is 0 Å². The molecule has 1 fully saturated rings. The second-order valence-electron chi connectivity index (χ2n) is 6.67. The first-order chi connectivity index (χ1) is 12.9. The summed E-state index contributed by atoms with van der Waals surface area (Å²) in [5, 5.41) is 8.78. The summed E-state index contributed by atoms with van der Waals surface area (Å²) in [6.45, 7) is 3.72. The van der Waals surface area contributed by atoms with Crippen molar-refractivity contribution in [3.05, 3.63) is 54.1 Å². The Bertz CT molecular complexity index is 751. The number of rotatable bonds is 7. The quantitative estimate of drug-likeness (QED) is 0.582. The average Bonchev–Trinajstić information content (AvgIpc) is 2.91. The summed E-state index contributed by atoms with van der Waals surface area (Å²) in [6.07, 6.45) is 8.39. The Balaban J connectivity index is 1.90. The van der Waals surface area contributed by atoms with E-state index in [2.05, 4.69) is 11.8 Å². The smallest absolute Gasteiger partial charge is 0.303 e. The van der Waals surface area contributed by atoms with Crippen LogP contribution in [0.15, 0.2) is 48.6 Å². The molecule has 1 saturated heterocycles. The van der Waals surface area contributed by atoms with E-state index in [4.69, 9.17) is 19.3 Å². The van der Waals surface area contributed by atoms with Crippen LogP contribution in [0.5, 0.6) is 5.75 Å². The molecule has 2 rings (SSSR count). The number of carbonyl (C=O) groups is 1. The van der Waals surface area contributed by atoms with Crippen LogP contribution in [0.25, 0.3) is 0 Å². The molecule has 27 heavy (non-hydrogen) atoms. The molecule has 0 radical (unpaired) electrons. The first kappa shape index (κ1) is 20.8. The summed E-state index contributed by atoms with van der Waals surface area (Å²) in [7, 11) is 1.63. The number of hydrogen-bond acceptors (Lipinski definition) is 4. The van der Waals surface area contributed by atoms with Crippen LogP contribution in [0.2, 0.25) is 0 Å². The van der Waals surface area contributed by atoms with Crippen molar-refractivity contribution in [2.75, 3.05) is 7.11 Å². The summed E-state index contributed by atoms with van der Waals surface area (Å²) >= 11 is 0. The Morgan fingerprint density at radius 2 is 2.15 bits per heavy atom. The van der Waals surface area contributed by atoms with Crippen LogP contribution in [0.1, 0.15) is 38.7 Å². The summed E-state index contributed by atoms with van der Waals surface area (Å²) in [5.41, 5.74) is 0.885. The lowest BCUT2D eigenvalue weighted by Gasteiger charge is -2.16. The Morgan fingerprint density at radius 3 is 2.89 bits per heavy atom. The number of benzene rings is 1. The zero-order chi connectivity index (χ0) is 19.7. The first-order valence-electron chi connectivity index (χ1n) is 8.96. The third-order valence-electron chi connectivity index (χ3n) is 3.98. The minimum Gasteiger partial charge on any atom is -0.497 e. The number of ether oxygens (including phenoxy) is 3. The number of hydrogen-bond donors (Lipinski definition) is 1. The van der Waals surface area contributed by atoms with Crippen molar-refractivity contribution in [1.29, 1.82) is 0 Å². The summed E-state index contributed by atoms with van der Waals surface area (Å²) in [4.78, 5) is 10.7. The van der Waals surface area contributed by atoms with Gasteiger partial charge in [0.25, 0.3) is 0 Å². The van der Waals surface area contributed by atoms with Gasteiger partial charge in [-0.25, -0.2) is 0 Å². The molecule has 0 aliphatic carbocycles. The molecule has 5 nitrogen and oxygen atoms in total. The van der Waals surface area contributed by atoms with Crippen LogP contribution in [0.3, 0.4) is 0 Å². The highest BCUT2D eigenvalue weighted by molar-refractivity contribution is 5.66. The average molecular weight is 370 g/mol. The zero-order valence-corrected chi connectivity index (χ0v) is 16.0. The van der Waals surface area contributed by atoms with Gasteiger partial charge in [0.1, 0.15) is 11.9 Å². The van der Waals surface area contributed by atoms with Crippen LogP contribution in [0, 0.1) is 11.8 Å². The number of methoxy groups -OCH3 is 1. The van der Waals surface area contributed by atoms with Crippen LogP contribution >= 0.6 is 0 Å². The molecule has 2 atom stereocenters. The van der Waals surface area contributed by atoms with Crippen molar-refractivity contribution in [3.8, 4) is 17.6 Å². The van der Waals surface area contributed by atoms with Crippen LogP contribution in [0.4, 0.5) is 0 Å². The number of aliphatic carboxylic acids is 1. The lowest BCUT2D eigenvalue weighted by molar-refractivity contribution is -0.143. The molecular formula is C22H26O5. The van der Waals surface area contributed by atoms with Crippen molar-refractivity contribution in [1.82, 2.24) is 0 Å². The highest BCUT2D eigenvalue weighted by Gasteiger charge is 2.39. The molecular weight excluding hydrogens is 344 g/mol. The molecule has 5 heteroatoms. The molecule has 144 valence electrons. The molecule has 0 amide bonds. The van der Waals surface area contributed by atoms with E-state index in [1.807, 2.05) is 56.3 Å². The van der Waals surface area contributed by atoms with Crippen molar-refractivity contribution in [3.63, 3.8) is 0 Å². The Labute approximate surface area is 160 Å². The summed E-state index contributed by atoms with van der Waals surface area (Å²) < 4.78 is 16.9. The zero-order valence-electron chi connectivity index (χ0n) is 16.0. The third-order valence-corrected chi connectivity index (χ3v) is 3.98. The van der Waals surface area contributed by atoms with Gasteiger partial charge in [0, 0.05) is 12.0 Å². The lowest BCUT2D eigenvalue weighted by atomic mass is 10.1.